The maximum atomic E-state index is 13.4. The molecule has 0 saturated carbocycles. The average molecular weight is 1230 g/mol. The Kier molecular flexibility index (Phi) is 43.6. The summed E-state index contributed by atoms with van der Waals surface area (Å²) in [5, 5.41) is 120. The number of amides is 1. The maximum absolute atomic E-state index is 13.4. The fraction of sp³-hybridized carbons (Fsp3) is 0.691. The van der Waals surface area contributed by atoms with Gasteiger partial charge in [-0.05, 0) is 103 Å². The van der Waals surface area contributed by atoms with Crippen molar-refractivity contribution >= 4 is 5.91 Å². The topological polar surface area (TPSA) is 307 Å². The summed E-state index contributed by atoms with van der Waals surface area (Å²) in [6, 6.07) is -1.02. The third kappa shape index (κ3) is 31.7. The molecule has 0 bridgehead atoms. The highest BCUT2D eigenvalue weighted by molar-refractivity contribution is 5.76. The van der Waals surface area contributed by atoms with Crippen molar-refractivity contribution in [1.29, 1.82) is 0 Å². The third-order valence-corrected chi connectivity index (χ3v) is 15.2. The Bertz CT molecular complexity index is 2050. The van der Waals surface area contributed by atoms with Crippen LogP contribution in [0.4, 0.5) is 0 Å². The molecule has 12 N–H and O–H groups in total. The van der Waals surface area contributed by atoms with Gasteiger partial charge in [-0.2, -0.15) is 0 Å². The molecule has 3 aliphatic heterocycles. The second kappa shape index (κ2) is 49.0. The summed E-state index contributed by atoms with van der Waals surface area (Å²) in [7, 11) is 0. The van der Waals surface area contributed by atoms with Crippen LogP contribution in [0.25, 0.3) is 0 Å². The number of hydrogen-bond donors (Lipinski definition) is 12. The Labute approximate surface area is 518 Å². The van der Waals surface area contributed by atoms with Crippen LogP contribution in [-0.4, -0.2) is 193 Å². The SMILES string of the molecule is CC/C=C\C/C=C\C/C=C\C/C=C\C/C=C\C/C=C\C/C=C\CCCCCCCC(=O)NC(COC1OC(CO)C(OC2OC(CO)C(OC3OC(CO)C(O)C(O)C3O)C(O)C2O)C(O)C1O)C(O)/C=C/CC/C=C/CC/C=C/CCCCCCC. The summed E-state index contributed by atoms with van der Waals surface area (Å²) in [5.41, 5.74) is 0. The number of unbranched alkanes of at least 4 members (excludes halogenated alkanes) is 12. The molecule has 0 aromatic heterocycles. The van der Waals surface area contributed by atoms with Gasteiger partial charge in [0.15, 0.2) is 18.9 Å². The first kappa shape index (κ1) is 77.4. The first-order valence-corrected chi connectivity index (χ1v) is 32.3. The van der Waals surface area contributed by atoms with Crippen molar-refractivity contribution in [2.75, 3.05) is 26.4 Å². The second-order valence-electron chi connectivity index (χ2n) is 22.5. The normalized spacial score (nSPS) is 29.4. The zero-order valence-electron chi connectivity index (χ0n) is 51.9. The van der Waals surface area contributed by atoms with E-state index in [0.29, 0.717) is 12.8 Å². The van der Waals surface area contributed by atoms with E-state index in [2.05, 4.69) is 129 Å². The molecule has 0 aromatic rings. The van der Waals surface area contributed by atoms with Gasteiger partial charge in [0.1, 0.15) is 73.2 Å². The quantitative estimate of drug-likeness (QED) is 0.0211. The third-order valence-electron chi connectivity index (χ3n) is 15.2. The Balaban J connectivity index is 1.47. The highest BCUT2D eigenvalue weighted by atomic mass is 16.8. The molecule has 0 aromatic carbocycles. The fourth-order valence-electron chi connectivity index (χ4n) is 9.96. The minimum Gasteiger partial charge on any atom is -0.394 e. The predicted octanol–water partition coefficient (Wildman–Crippen LogP) is 7.26. The molecule has 19 nitrogen and oxygen atoms in total. The van der Waals surface area contributed by atoms with Crippen LogP contribution in [0, 0.1) is 0 Å². The zero-order valence-corrected chi connectivity index (χ0v) is 51.9. The zero-order chi connectivity index (χ0) is 63.3. The lowest BCUT2D eigenvalue weighted by atomic mass is 9.96. The Morgan fingerprint density at radius 2 is 0.805 bits per heavy atom. The number of hydrogen-bond acceptors (Lipinski definition) is 18. The van der Waals surface area contributed by atoms with Gasteiger partial charge in [-0.25, -0.2) is 0 Å². The van der Waals surface area contributed by atoms with E-state index in [1.54, 1.807) is 6.08 Å². The number of nitrogens with one attached hydrogen (secondary N) is 1. The maximum Gasteiger partial charge on any atom is 0.220 e. The number of carbonyl (C=O) groups excluding carboxylic acids is 1. The number of ether oxygens (including phenoxy) is 6. The molecule has 0 aliphatic carbocycles. The Morgan fingerprint density at radius 3 is 1.29 bits per heavy atom. The summed E-state index contributed by atoms with van der Waals surface area (Å²) in [6.07, 6.45) is 38.8. The van der Waals surface area contributed by atoms with Crippen molar-refractivity contribution in [3.05, 3.63) is 122 Å². The summed E-state index contributed by atoms with van der Waals surface area (Å²) in [4.78, 5) is 13.4. The van der Waals surface area contributed by atoms with Crippen LogP contribution in [0.5, 0.6) is 0 Å². The van der Waals surface area contributed by atoms with Gasteiger partial charge < -0.3 is 89.9 Å². The molecule has 3 fully saturated rings. The van der Waals surface area contributed by atoms with E-state index in [-0.39, 0.29) is 18.9 Å². The van der Waals surface area contributed by atoms with Gasteiger partial charge >= 0.3 is 0 Å². The molecular weight excluding hydrogens is 1120 g/mol. The smallest absolute Gasteiger partial charge is 0.220 e. The summed E-state index contributed by atoms with van der Waals surface area (Å²) in [5.74, 6) is -0.316. The lowest BCUT2D eigenvalue weighted by molar-refractivity contribution is -0.379. The van der Waals surface area contributed by atoms with E-state index < -0.39 is 124 Å². The van der Waals surface area contributed by atoms with Crippen molar-refractivity contribution in [2.24, 2.45) is 0 Å². The summed E-state index contributed by atoms with van der Waals surface area (Å²) >= 11 is 0. The van der Waals surface area contributed by atoms with Crippen molar-refractivity contribution in [2.45, 2.75) is 272 Å². The van der Waals surface area contributed by atoms with Gasteiger partial charge in [0, 0.05) is 6.42 Å². The van der Waals surface area contributed by atoms with E-state index >= 15 is 0 Å². The molecule has 0 radical (unpaired) electrons. The van der Waals surface area contributed by atoms with Crippen LogP contribution in [0.3, 0.4) is 0 Å². The van der Waals surface area contributed by atoms with E-state index in [0.717, 1.165) is 103 Å². The predicted molar refractivity (Wildman–Crippen MR) is 336 cm³/mol. The molecule has 3 heterocycles. The van der Waals surface area contributed by atoms with Gasteiger partial charge in [-0.15, -0.1) is 0 Å². The van der Waals surface area contributed by atoms with Gasteiger partial charge in [0.25, 0.3) is 0 Å². The highest BCUT2D eigenvalue weighted by Gasteiger charge is 2.53. The molecule has 1 amide bonds. The van der Waals surface area contributed by atoms with Crippen molar-refractivity contribution in [3.8, 4) is 0 Å². The van der Waals surface area contributed by atoms with Gasteiger partial charge in [0.05, 0.1) is 38.6 Å². The van der Waals surface area contributed by atoms with E-state index in [1.165, 1.54) is 32.1 Å². The Morgan fingerprint density at radius 1 is 0.425 bits per heavy atom. The molecule has 3 aliphatic rings. The van der Waals surface area contributed by atoms with E-state index in [1.807, 2.05) is 6.08 Å². The second-order valence-corrected chi connectivity index (χ2v) is 22.5. The van der Waals surface area contributed by atoms with Crippen LogP contribution in [0.1, 0.15) is 168 Å². The van der Waals surface area contributed by atoms with Crippen molar-refractivity contribution in [1.82, 2.24) is 5.32 Å². The summed E-state index contributed by atoms with van der Waals surface area (Å²) in [6.45, 7) is 1.52. The molecule has 17 atom stereocenters. The lowest BCUT2D eigenvalue weighted by Gasteiger charge is -2.48. The molecular formula is C68H111NO18. The van der Waals surface area contributed by atoms with E-state index in [4.69, 9.17) is 28.4 Å². The van der Waals surface area contributed by atoms with Crippen LogP contribution in [-0.2, 0) is 33.2 Å². The number of rotatable bonds is 46. The first-order chi connectivity index (χ1) is 42.3. The molecule has 19 heteroatoms. The van der Waals surface area contributed by atoms with E-state index in [9.17, 15) is 61.0 Å². The standard InChI is InChI=1S/C68H111NO18/c1-3-5-7-9-11-13-15-17-19-20-21-22-23-24-25-26-27-28-29-30-32-34-36-38-40-42-44-46-56(74)69-51(52(73)45-43-41-39-37-35-33-31-18-16-14-12-10-8-6-4-2)50-82-66-62(80)59(77)64(54(48-71)84-66)87-68-63(81)60(78)65(55(49-72)85-68)86-67-61(79)58(76)57(75)53(47-70)83-67/h5,7,11,13,16-19,21-22,24-25,27-28,30,32,35,37,43,45,51-55,57-68,70-73,75-81H,3-4,6,8-10,12,14-15,20,23,26,29,31,33-34,36,38-42,44,46-50H2,1-2H3,(H,69,74)/b7-5-,13-11-,18-16+,19-17-,22-21-,25-24-,28-27-,32-30-,37-35+,45-43+. The molecule has 3 saturated heterocycles. The Hall–Kier alpha value is -3.81. The van der Waals surface area contributed by atoms with Gasteiger partial charge in [0.2, 0.25) is 5.91 Å². The number of allylic oxidation sites excluding steroid dienone is 19. The fourth-order valence-corrected chi connectivity index (χ4v) is 9.96. The lowest BCUT2D eigenvalue weighted by Crippen LogP contribution is -2.66. The minimum absolute atomic E-state index is 0.201. The first-order valence-electron chi connectivity index (χ1n) is 32.3. The molecule has 17 unspecified atom stereocenters. The largest absolute Gasteiger partial charge is 0.394 e. The van der Waals surface area contributed by atoms with Crippen molar-refractivity contribution < 1.29 is 89.4 Å². The summed E-state index contributed by atoms with van der Waals surface area (Å²) < 4.78 is 34.2. The molecule has 0 spiro atoms. The number of aliphatic hydroxyl groups is 11. The van der Waals surface area contributed by atoms with Gasteiger partial charge in [-0.1, -0.05) is 180 Å². The molecule has 496 valence electrons. The molecule has 87 heavy (non-hydrogen) atoms. The average Bonchev–Trinajstić information content (AvgIpc) is 1.10. The number of carbonyl (C=O) groups is 1. The van der Waals surface area contributed by atoms with Crippen LogP contribution in [0.2, 0.25) is 0 Å². The van der Waals surface area contributed by atoms with Crippen LogP contribution < -0.4 is 5.32 Å². The van der Waals surface area contributed by atoms with Gasteiger partial charge in [-0.3, -0.25) is 4.79 Å². The van der Waals surface area contributed by atoms with Crippen molar-refractivity contribution in [3.63, 3.8) is 0 Å². The van der Waals surface area contributed by atoms with Crippen LogP contribution in [0.15, 0.2) is 122 Å². The monoisotopic (exact) mass is 1230 g/mol. The number of aliphatic hydroxyl groups excluding tert-OH is 11. The molecule has 3 rings (SSSR count). The minimum atomic E-state index is -1.99. The highest BCUT2D eigenvalue weighted by Crippen LogP contribution is 2.33. The van der Waals surface area contributed by atoms with Crippen LogP contribution >= 0.6 is 0 Å².